The Bertz CT molecular complexity index is 1510. The maximum atomic E-state index is 14.2. The molecule has 1 unspecified atom stereocenters. The molecular weight excluding hydrogens is 577 g/mol. The number of anilines is 1. The molecule has 2 amide bonds. The Labute approximate surface area is 252 Å². The monoisotopic (exact) mass is 613 g/mol. The lowest BCUT2D eigenvalue weighted by atomic mass is 10.1. The number of carbonyl (C=O) groups excluding carboxylic acids is 2. The SMILES string of the molecule is CCC(C(=O)NC1CCCC1)N(Cc1ccc(F)cc1)C(=O)CN(c1ccc(Cl)cc1C)S(=O)(=O)c1ccc(C)cc1. The number of sulfonamides is 1. The van der Waals surface area contributed by atoms with Crippen molar-refractivity contribution in [3.05, 3.63) is 94.3 Å². The summed E-state index contributed by atoms with van der Waals surface area (Å²) in [4.78, 5) is 29.1. The van der Waals surface area contributed by atoms with Crippen molar-refractivity contribution in [3.8, 4) is 0 Å². The summed E-state index contributed by atoms with van der Waals surface area (Å²) >= 11 is 6.18. The van der Waals surface area contributed by atoms with Gasteiger partial charge in [-0.15, -0.1) is 0 Å². The van der Waals surface area contributed by atoms with E-state index in [1.807, 2.05) is 13.8 Å². The second-order valence-corrected chi connectivity index (χ2v) is 13.1. The molecule has 1 N–H and O–H groups in total. The lowest BCUT2D eigenvalue weighted by Gasteiger charge is -2.34. The van der Waals surface area contributed by atoms with Crippen LogP contribution in [0.5, 0.6) is 0 Å². The Hall–Kier alpha value is -3.43. The first kappa shape index (κ1) is 31.5. The van der Waals surface area contributed by atoms with Gasteiger partial charge in [0.25, 0.3) is 10.0 Å². The first-order chi connectivity index (χ1) is 20.0. The van der Waals surface area contributed by atoms with Gasteiger partial charge in [0.15, 0.2) is 0 Å². The normalized spacial score (nSPS) is 14.4. The fourth-order valence-electron chi connectivity index (χ4n) is 5.32. The van der Waals surface area contributed by atoms with E-state index in [9.17, 15) is 22.4 Å². The molecule has 42 heavy (non-hydrogen) atoms. The molecule has 224 valence electrons. The Kier molecular flexibility index (Phi) is 10.3. The van der Waals surface area contributed by atoms with E-state index in [-0.39, 0.29) is 23.4 Å². The number of hydrogen-bond acceptors (Lipinski definition) is 4. The average Bonchev–Trinajstić information content (AvgIpc) is 3.46. The number of benzene rings is 3. The van der Waals surface area contributed by atoms with Crippen LogP contribution in [0.4, 0.5) is 10.1 Å². The van der Waals surface area contributed by atoms with Crippen LogP contribution in [-0.2, 0) is 26.2 Å². The number of carbonyl (C=O) groups is 2. The van der Waals surface area contributed by atoms with Crippen LogP contribution >= 0.6 is 11.6 Å². The lowest BCUT2D eigenvalue weighted by Crippen LogP contribution is -2.53. The molecule has 1 aliphatic carbocycles. The third-order valence-corrected chi connectivity index (χ3v) is 9.68. The molecule has 0 bridgehead atoms. The Balaban J connectivity index is 1.73. The van der Waals surface area contributed by atoms with Crippen LogP contribution in [0.15, 0.2) is 71.6 Å². The van der Waals surface area contributed by atoms with Gasteiger partial charge in [-0.05, 0) is 86.7 Å². The summed E-state index contributed by atoms with van der Waals surface area (Å²) in [6.45, 7) is 4.86. The van der Waals surface area contributed by atoms with E-state index < -0.39 is 34.3 Å². The zero-order valence-corrected chi connectivity index (χ0v) is 25.7. The van der Waals surface area contributed by atoms with E-state index in [0.29, 0.717) is 28.3 Å². The van der Waals surface area contributed by atoms with E-state index in [1.54, 1.807) is 49.4 Å². The highest BCUT2D eigenvalue weighted by molar-refractivity contribution is 7.92. The van der Waals surface area contributed by atoms with Gasteiger partial charge in [-0.2, -0.15) is 0 Å². The highest BCUT2D eigenvalue weighted by atomic mass is 35.5. The minimum atomic E-state index is -4.19. The third-order valence-electron chi connectivity index (χ3n) is 7.67. The summed E-state index contributed by atoms with van der Waals surface area (Å²) < 4.78 is 42.8. The van der Waals surface area contributed by atoms with Crippen molar-refractivity contribution in [2.45, 2.75) is 76.4 Å². The Morgan fingerprint density at radius 3 is 2.24 bits per heavy atom. The van der Waals surface area contributed by atoms with Crippen LogP contribution in [0.1, 0.15) is 55.7 Å². The van der Waals surface area contributed by atoms with Gasteiger partial charge >= 0.3 is 0 Å². The minimum absolute atomic E-state index is 0.00766. The fourth-order valence-corrected chi connectivity index (χ4v) is 7.03. The molecule has 3 aromatic rings. The smallest absolute Gasteiger partial charge is 0.264 e. The molecule has 10 heteroatoms. The quantitative estimate of drug-likeness (QED) is 0.281. The third kappa shape index (κ3) is 7.50. The maximum absolute atomic E-state index is 14.2. The Morgan fingerprint density at radius 1 is 1.00 bits per heavy atom. The molecular formula is C32H37ClFN3O4S. The maximum Gasteiger partial charge on any atom is 0.264 e. The van der Waals surface area contributed by atoms with Gasteiger partial charge in [-0.25, -0.2) is 12.8 Å². The molecule has 1 aliphatic rings. The van der Waals surface area contributed by atoms with Crippen LogP contribution in [0.25, 0.3) is 0 Å². The number of halogens is 2. The van der Waals surface area contributed by atoms with Gasteiger partial charge in [0, 0.05) is 17.6 Å². The fraction of sp³-hybridized carbons (Fsp3) is 0.375. The highest BCUT2D eigenvalue weighted by Gasteiger charge is 2.35. The van der Waals surface area contributed by atoms with Gasteiger partial charge in [0.1, 0.15) is 18.4 Å². The number of amides is 2. The molecule has 0 spiro atoms. The van der Waals surface area contributed by atoms with Crippen molar-refractivity contribution >= 4 is 39.1 Å². The predicted molar refractivity (Wildman–Crippen MR) is 163 cm³/mol. The second-order valence-electron chi connectivity index (χ2n) is 10.8. The van der Waals surface area contributed by atoms with E-state index in [2.05, 4.69) is 5.32 Å². The number of aryl methyl sites for hydroxylation is 2. The number of nitrogens with zero attached hydrogens (tertiary/aromatic N) is 2. The second kappa shape index (κ2) is 13.7. The molecule has 3 aromatic carbocycles. The molecule has 7 nitrogen and oxygen atoms in total. The standard InChI is InChI=1S/C32H37ClFN3O4S/c1-4-29(32(39)35-27-7-5-6-8-27)36(20-24-11-14-26(34)15-12-24)31(38)21-37(30-18-13-25(33)19-23(30)3)42(40,41)28-16-9-22(2)10-17-28/h9-19,27,29H,4-8,20-21H2,1-3H3,(H,35,39). The van der Waals surface area contributed by atoms with Gasteiger partial charge < -0.3 is 10.2 Å². The van der Waals surface area contributed by atoms with E-state index in [1.165, 1.54) is 29.2 Å². The first-order valence-corrected chi connectivity index (χ1v) is 16.0. The van der Waals surface area contributed by atoms with Crippen molar-refractivity contribution < 1.29 is 22.4 Å². The number of nitrogens with one attached hydrogen (secondary N) is 1. The van der Waals surface area contributed by atoms with Crippen LogP contribution in [-0.4, -0.2) is 43.8 Å². The van der Waals surface area contributed by atoms with Gasteiger partial charge in [-0.1, -0.05) is 61.2 Å². The van der Waals surface area contributed by atoms with Gasteiger partial charge in [0.05, 0.1) is 10.6 Å². The first-order valence-electron chi connectivity index (χ1n) is 14.2. The largest absolute Gasteiger partial charge is 0.352 e. The summed E-state index contributed by atoms with van der Waals surface area (Å²) in [5.41, 5.74) is 2.39. The topological polar surface area (TPSA) is 86.8 Å². The summed E-state index contributed by atoms with van der Waals surface area (Å²) in [7, 11) is -4.19. The molecule has 0 aliphatic heterocycles. The van der Waals surface area contributed by atoms with E-state index in [4.69, 9.17) is 11.6 Å². The molecule has 1 atom stereocenters. The number of hydrogen-bond donors (Lipinski definition) is 1. The summed E-state index contributed by atoms with van der Waals surface area (Å²) in [5, 5.41) is 3.52. The number of rotatable bonds is 11. The van der Waals surface area contributed by atoms with Crippen molar-refractivity contribution in [1.82, 2.24) is 10.2 Å². The van der Waals surface area contributed by atoms with Gasteiger partial charge in [0.2, 0.25) is 11.8 Å². The molecule has 0 heterocycles. The van der Waals surface area contributed by atoms with Crippen LogP contribution < -0.4 is 9.62 Å². The van der Waals surface area contributed by atoms with Crippen molar-refractivity contribution in [2.24, 2.45) is 0 Å². The summed E-state index contributed by atoms with van der Waals surface area (Å²) in [6, 6.07) is 16.1. The summed E-state index contributed by atoms with van der Waals surface area (Å²) in [5.74, 6) is -1.26. The minimum Gasteiger partial charge on any atom is -0.352 e. The average molecular weight is 614 g/mol. The molecule has 0 radical (unpaired) electrons. The lowest BCUT2D eigenvalue weighted by molar-refractivity contribution is -0.140. The van der Waals surface area contributed by atoms with Crippen molar-refractivity contribution in [2.75, 3.05) is 10.8 Å². The summed E-state index contributed by atoms with van der Waals surface area (Å²) in [6.07, 6.45) is 4.15. The molecule has 0 saturated heterocycles. The van der Waals surface area contributed by atoms with Gasteiger partial charge in [-0.3, -0.25) is 13.9 Å². The zero-order valence-electron chi connectivity index (χ0n) is 24.1. The molecule has 1 fully saturated rings. The molecule has 4 rings (SSSR count). The van der Waals surface area contributed by atoms with Crippen molar-refractivity contribution in [3.63, 3.8) is 0 Å². The van der Waals surface area contributed by atoms with Crippen molar-refractivity contribution in [1.29, 1.82) is 0 Å². The zero-order chi connectivity index (χ0) is 30.4. The van der Waals surface area contributed by atoms with E-state index in [0.717, 1.165) is 35.6 Å². The van der Waals surface area contributed by atoms with Crippen LogP contribution in [0, 0.1) is 19.7 Å². The van der Waals surface area contributed by atoms with Crippen LogP contribution in [0.2, 0.25) is 5.02 Å². The van der Waals surface area contributed by atoms with Crippen LogP contribution in [0.3, 0.4) is 0 Å². The molecule has 1 saturated carbocycles. The van der Waals surface area contributed by atoms with E-state index >= 15 is 0 Å². The highest BCUT2D eigenvalue weighted by Crippen LogP contribution is 2.30. The molecule has 0 aromatic heterocycles. The Morgan fingerprint density at radius 2 is 1.64 bits per heavy atom. The predicted octanol–water partition coefficient (Wildman–Crippen LogP) is 6.16.